The molecule has 0 bridgehead atoms. The van der Waals surface area contributed by atoms with Crippen molar-refractivity contribution in [1.82, 2.24) is 0 Å². The molecule has 35 heavy (non-hydrogen) atoms. The van der Waals surface area contributed by atoms with E-state index in [1.165, 1.54) is 0 Å². The molecule has 8 heteroatoms. The van der Waals surface area contributed by atoms with Crippen LogP contribution < -0.4 is 14.8 Å². The van der Waals surface area contributed by atoms with E-state index in [4.69, 9.17) is 18.9 Å². The number of esters is 2. The second-order valence-corrected chi connectivity index (χ2v) is 7.59. The largest absolute Gasteiger partial charge is 0.494 e. The third-order valence-electron chi connectivity index (χ3n) is 4.57. The first kappa shape index (κ1) is 27.4. The van der Waals surface area contributed by atoms with Crippen molar-refractivity contribution < 1.29 is 33.3 Å². The lowest BCUT2D eigenvalue weighted by Gasteiger charge is -2.14. The standard InChI is InChI=1S/C27H33NO7/c1-4-7-18-32-21-14-12-20(13-15-21)26(30)28-22-10-8-9-11-23(22)35-24(27(31)34-17-6-3)19-25(29)33-16-5-2/h8-15,19H,4-7,16-18H2,1-3H3,(H,28,30)/b24-19-. The number of benzene rings is 2. The fraction of sp³-hybridized carbons (Fsp3) is 0.370. The summed E-state index contributed by atoms with van der Waals surface area (Å²) in [4.78, 5) is 37.4. The Labute approximate surface area is 206 Å². The van der Waals surface area contributed by atoms with Gasteiger partial charge in [0.2, 0.25) is 5.76 Å². The lowest BCUT2D eigenvalue weighted by atomic mass is 10.2. The number of ether oxygens (including phenoxy) is 4. The van der Waals surface area contributed by atoms with Gasteiger partial charge in [-0.25, -0.2) is 9.59 Å². The summed E-state index contributed by atoms with van der Waals surface area (Å²) in [5.74, 6) is -1.38. The molecule has 2 rings (SSSR count). The maximum atomic E-state index is 12.8. The molecule has 0 saturated carbocycles. The Balaban J connectivity index is 2.17. The van der Waals surface area contributed by atoms with E-state index in [0.29, 0.717) is 36.4 Å². The van der Waals surface area contributed by atoms with E-state index in [1.54, 1.807) is 48.5 Å². The summed E-state index contributed by atoms with van der Waals surface area (Å²) in [5.41, 5.74) is 0.737. The highest BCUT2D eigenvalue weighted by Gasteiger charge is 2.19. The number of carbonyl (C=O) groups is 3. The fourth-order valence-corrected chi connectivity index (χ4v) is 2.76. The van der Waals surface area contributed by atoms with Crippen LogP contribution in [-0.4, -0.2) is 37.7 Å². The molecule has 0 aliphatic carbocycles. The average molecular weight is 484 g/mol. The summed E-state index contributed by atoms with van der Waals surface area (Å²) in [6.45, 7) is 6.79. The van der Waals surface area contributed by atoms with Crippen LogP contribution >= 0.6 is 0 Å². The molecule has 188 valence electrons. The van der Waals surface area contributed by atoms with E-state index in [-0.39, 0.29) is 30.6 Å². The van der Waals surface area contributed by atoms with Crippen molar-refractivity contribution in [1.29, 1.82) is 0 Å². The van der Waals surface area contributed by atoms with Crippen LogP contribution in [-0.2, 0) is 19.1 Å². The van der Waals surface area contributed by atoms with Crippen LogP contribution in [0.4, 0.5) is 5.69 Å². The number of hydrogen-bond donors (Lipinski definition) is 1. The van der Waals surface area contributed by atoms with E-state index < -0.39 is 11.9 Å². The van der Waals surface area contributed by atoms with E-state index in [9.17, 15) is 14.4 Å². The minimum absolute atomic E-state index is 0.167. The van der Waals surface area contributed by atoms with Crippen LogP contribution in [0.15, 0.2) is 60.4 Å². The van der Waals surface area contributed by atoms with Gasteiger partial charge >= 0.3 is 11.9 Å². The Hall–Kier alpha value is -3.81. The zero-order valence-electron chi connectivity index (χ0n) is 20.5. The van der Waals surface area contributed by atoms with E-state index in [1.807, 2.05) is 13.8 Å². The Kier molecular flexibility index (Phi) is 11.9. The molecule has 8 nitrogen and oxygen atoms in total. The van der Waals surface area contributed by atoms with Crippen molar-refractivity contribution in [3.63, 3.8) is 0 Å². The van der Waals surface area contributed by atoms with Gasteiger partial charge in [0.1, 0.15) is 5.75 Å². The quantitative estimate of drug-likeness (QED) is 0.169. The molecule has 0 heterocycles. The smallest absolute Gasteiger partial charge is 0.374 e. The third-order valence-corrected chi connectivity index (χ3v) is 4.57. The maximum absolute atomic E-state index is 12.8. The number of hydrogen-bond acceptors (Lipinski definition) is 7. The van der Waals surface area contributed by atoms with Crippen LogP contribution in [0.3, 0.4) is 0 Å². The fourth-order valence-electron chi connectivity index (χ4n) is 2.76. The summed E-state index contributed by atoms with van der Waals surface area (Å²) in [7, 11) is 0. The van der Waals surface area contributed by atoms with Crippen molar-refractivity contribution in [2.24, 2.45) is 0 Å². The van der Waals surface area contributed by atoms with Gasteiger partial charge in [-0.15, -0.1) is 0 Å². The highest BCUT2D eigenvalue weighted by atomic mass is 16.6. The van der Waals surface area contributed by atoms with Gasteiger partial charge in [0, 0.05) is 5.56 Å². The molecule has 0 aromatic heterocycles. The number of carbonyl (C=O) groups excluding carboxylic acids is 3. The number of rotatable bonds is 14. The molecule has 1 N–H and O–H groups in total. The van der Waals surface area contributed by atoms with Crippen molar-refractivity contribution >= 4 is 23.5 Å². The zero-order chi connectivity index (χ0) is 25.5. The number of nitrogens with one attached hydrogen (secondary N) is 1. The van der Waals surface area contributed by atoms with Gasteiger partial charge < -0.3 is 24.3 Å². The molecule has 0 radical (unpaired) electrons. The number of unbranched alkanes of at least 4 members (excludes halogenated alkanes) is 1. The molecular formula is C27H33NO7. The summed E-state index contributed by atoms with van der Waals surface area (Å²) in [6, 6.07) is 13.4. The second-order valence-electron chi connectivity index (χ2n) is 7.59. The maximum Gasteiger partial charge on any atom is 0.374 e. The molecule has 2 aromatic rings. The van der Waals surface area contributed by atoms with Crippen molar-refractivity contribution in [2.45, 2.75) is 46.5 Å². The van der Waals surface area contributed by atoms with Gasteiger partial charge in [-0.05, 0) is 55.7 Å². The van der Waals surface area contributed by atoms with Crippen LogP contribution in [0.2, 0.25) is 0 Å². The highest BCUT2D eigenvalue weighted by Crippen LogP contribution is 2.27. The minimum atomic E-state index is -0.805. The summed E-state index contributed by atoms with van der Waals surface area (Å²) in [5, 5.41) is 2.77. The lowest BCUT2D eigenvalue weighted by Crippen LogP contribution is -2.17. The van der Waals surface area contributed by atoms with Gasteiger partial charge in [-0.3, -0.25) is 4.79 Å². The van der Waals surface area contributed by atoms with Crippen molar-refractivity contribution in [3.8, 4) is 11.5 Å². The molecular weight excluding hydrogens is 450 g/mol. The normalized spacial score (nSPS) is 10.9. The first-order valence-corrected chi connectivity index (χ1v) is 11.8. The van der Waals surface area contributed by atoms with Crippen LogP contribution in [0.25, 0.3) is 0 Å². The van der Waals surface area contributed by atoms with E-state index >= 15 is 0 Å². The Morgan fingerprint density at radius 3 is 2.20 bits per heavy atom. The molecule has 2 aromatic carbocycles. The second kappa shape index (κ2) is 15.2. The monoisotopic (exact) mass is 483 g/mol. The number of anilines is 1. The molecule has 0 atom stereocenters. The number of amides is 1. The zero-order valence-corrected chi connectivity index (χ0v) is 20.5. The molecule has 0 spiro atoms. The molecule has 0 aliphatic rings. The minimum Gasteiger partial charge on any atom is -0.494 e. The average Bonchev–Trinajstić information content (AvgIpc) is 2.87. The van der Waals surface area contributed by atoms with Crippen molar-refractivity contribution in [2.75, 3.05) is 25.1 Å². The predicted octanol–water partition coefficient (Wildman–Crippen LogP) is 5.29. The molecule has 0 aliphatic heterocycles. The summed E-state index contributed by atoms with van der Waals surface area (Å²) >= 11 is 0. The van der Waals surface area contributed by atoms with Crippen LogP contribution in [0.1, 0.15) is 56.8 Å². The van der Waals surface area contributed by atoms with Crippen molar-refractivity contribution in [3.05, 3.63) is 65.9 Å². The summed E-state index contributed by atoms with van der Waals surface area (Å²) < 4.78 is 21.5. The Morgan fingerprint density at radius 1 is 0.829 bits per heavy atom. The molecule has 0 unspecified atom stereocenters. The van der Waals surface area contributed by atoms with Gasteiger partial charge in [0.05, 0.1) is 31.6 Å². The summed E-state index contributed by atoms with van der Waals surface area (Å²) in [6.07, 6.45) is 4.18. The third kappa shape index (κ3) is 9.52. The first-order chi connectivity index (χ1) is 17.0. The van der Waals surface area contributed by atoms with Crippen LogP contribution in [0, 0.1) is 0 Å². The first-order valence-electron chi connectivity index (χ1n) is 11.8. The van der Waals surface area contributed by atoms with E-state index in [0.717, 1.165) is 18.9 Å². The lowest BCUT2D eigenvalue weighted by molar-refractivity contribution is -0.143. The van der Waals surface area contributed by atoms with Gasteiger partial charge in [0.15, 0.2) is 5.75 Å². The topological polar surface area (TPSA) is 100 Å². The molecule has 0 saturated heterocycles. The Morgan fingerprint density at radius 2 is 1.51 bits per heavy atom. The van der Waals surface area contributed by atoms with Gasteiger partial charge in [0.25, 0.3) is 5.91 Å². The van der Waals surface area contributed by atoms with Gasteiger partial charge in [-0.2, -0.15) is 0 Å². The van der Waals surface area contributed by atoms with E-state index in [2.05, 4.69) is 12.2 Å². The molecule has 1 amide bonds. The van der Waals surface area contributed by atoms with Crippen LogP contribution in [0.5, 0.6) is 11.5 Å². The predicted molar refractivity (Wildman–Crippen MR) is 132 cm³/mol. The highest BCUT2D eigenvalue weighted by molar-refractivity contribution is 6.05. The van der Waals surface area contributed by atoms with Gasteiger partial charge in [-0.1, -0.05) is 39.3 Å². The SMILES string of the molecule is CCCCOc1ccc(C(=O)Nc2ccccc2O/C(=C\C(=O)OCCC)C(=O)OCCC)cc1. The molecule has 0 fully saturated rings. The number of para-hydroxylation sites is 2. The Bertz CT molecular complexity index is 999.